The number of ether oxygens (including phenoxy) is 8. The Bertz CT molecular complexity index is 3680. The SMILES string of the molecule is CC[C@]1(O)C(=O)OCc2c1cc1n(c2=O)Cc2c-1nc1cc(F)c(C)c3c1c2C(NC(=O)OCc1ccc(O[C@@H]2O[C@H](C(=O)O)[C@@H](O)[C@H](O)[C@H]2O)c2cc(Cn4cc(COCCOCCOCCOCCN5C(=O)C=CC5=O)nn4)[se]c12)CC3. The summed E-state index contributed by atoms with van der Waals surface area (Å²) in [4.78, 5) is 82.3. The summed E-state index contributed by atoms with van der Waals surface area (Å²) in [7, 11) is 0. The van der Waals surface area contributed by atoms with Crippen LogP contribution in [-0.4, -0.2) is 183 Å². The van der Waals surface area contributed by atoms with Gasteiger partial charge in [0.1, 0.15) is 6.61 Å². The van der Waals surface area contributed by atoms with Crippen molar-refractivity contribution in [2.24, 2.45) is 0 Å². The molecule has 5 aliphatic rings. The monoisotopic (exact) mass is 1230 g/mol. The number of carbonyl (C=O) groups excluding carboxylic acids is 4. The van der Waals surface area contributed by atoms with E-state index in [4.69, 9.17) is 42.9 Å². The van der Waals surface area contributed by atoms with E-state index in [1.54, 1.807) is 36.9 Å². The normalized spacial score (nSPS) is 22.4. The van der Waals surface area contributed by atoms with E-state index >= 15 is 4.39 Å². The van der Waals surface area contributed by atoms with Crippen LogP contribution in [0.2, 0.25) is 0 Å². The predicted molar refractivity (Wildman–Crippen MR) is 287 cm³/mol. The van der Waals surface area contributed by atoms with E-state index in [0.29, 0.717) is 98.1 Å². The molecule has 0 saturated carbocycles. The Morgan fingerprint density at radius 2 is 1.63 bits per heavy atom. The zero-order chi connectivity index (χ0) is 59.1. The number of cyclic esters (lactones) is 1. The van der Waals surface area contributed by atoms with Crippen LogP contribution >= 0.6 is 0 Å². The van der Waals surface area contributed by atoms with Crippen molar-refractivity contribution in [3.63, 3.8) is 0 Å². The minimum atomic E-state index is -2.07. The van der Waals surface area contributed by atoms with Crippen molar-refractivity contribution in [1.29, 1.82) is 0 Å². The van der Waals surface area contributed by atoms with Crippen molar-refractivity contribution in [1.82, 2.24) is 34.8 Å². The number of aliphatic carboxylic acids is 1. The van der Waals surface area contributed by atoms with Gasteiger partial charge in [0.2, 0.25) is 0 Å². The molecule has 6 N–H and O–H groups in total. The van der Waals surface area contributed by atoms with Crippen LogP contribution in [0.15, 0.2) is 53.5 Å². The molecular formula is C56H58FN7O19Se. The first-order chi connectivity index (χ1) is 40.4. The van der Waals surface area contributed by atoms with Gasteiger partial charge in [-0.25, -0.2) is 9.18 Å². The van der Waals surface area contributed by atoms with Gasteiger partial charge in [-0.15, -0.1) is 0 Å². The quantitative estimate of drug-likeness (QED) is 0.0226. The molecule has 7 atom stereocenters. The Balaban J connectivity index is 0.762. The number of esters is 1. The molecule has 1 unspecified atom stereocenters. The minimum absolute atomic E-state index is 0.0299. The summed E-state index contributed by atoms with van der Waals surface area (Å²) in [5.74, 6) is -3.53. The second-order valence-electron chi connectivity index (χ2n) is 20.6. The van der Waals surface area contributed by atoms with Gasteiger partial charge >= 0.3 is 349 Å². The summed E-state index contributed by atoms with van der Waals surface area (Å²) < 4.78 is 65.2. The number of hydrogen-bond acceptors (Lipinski definition) is 21. The third-order valence-corrected chi connectivity index (χ3v) is 18.0. The maximum atomic E-state index is 15.6. The van der Waals surface area contributed by atoms with Gasteiger partial charge in [0.05, 0.1) is 31.9 Å². The topological polar surface area (TPSA) is 341 Å². The van der Waals surface area contributed by atoms with E-state index in [2.05, 4.69) is 15.6 Å². The average molecular weight is 1230 g/mol. The van der Waals surface area contributed by atoms with Crippen LogP contribution in [0.3, 0.4) is 0 Å². The summed E-state index contributed by atoms with van der Waals surface area (Å²) in [6.45, 7) is 5.25. The van der Waals surface area contributed by atoms with Gasteiger partial charge in [0.25, 0.3) is 11.8 Å². The summed E-state index contributed by atoms with van der Waals surface area (Å²) in [6, 6.07) is 7.17. The van der Waals surface area contributed by atoms with Crippen molar-refractivity contribution >= 4 is 64.9 Å². The van der Waals surface area contributed by atoms with E-state index in [9.17, 15) is 54.3 Å². The van der Waals surface area contributed by atoms with Gasteiger partial charge < -0.3 is 19.3 Å². The summed E-state index contributed by atoms with van der Waals surface area (Å²) in [5.41, 5.74) is 2.13. The zero-order valence-corrected chi connectivity index (χ0v) is 47.0. The molecule has 6 aromatic rings. The molecule has 0 spiro atoms. The molecule has 4 aliphatic heterocycles. The number of carbonyl (C=O) groups is 5. The van der Waals surface area contributed by atoms with E-state index in [1.165, 1.54) is 28.9 Å². The van der Waals surface area contributed by atoms with Gasteiger partial charge in [0.15, 0.2) is 5.60 Å². The number of pyridine rings is 2. The number of aryl methyl sites for hydroxylation is 1. The molecule has 26 nitrogen and oxygen atoms in total. The Kier molecular flexibility index (Phi) is 16.9. The molecule has 4 aromatic heterocycles. The molecule has 0 bridgehead atoms. The van der Waals surface area contributed by atoms with Crippen molar-refractivity contribution in [3.05, 3.63) is 114 Å². The van der Waals surface area contributed by atoms with Crippen LogP contribution < -0.4 is 15.6 Å². The molecule has 1 fully saturated rings. The number of nitrogens with one attached hydrogen (secondary N) is 1. The first-order valence-electron chi connectivity index (χ1n) is 27.1. The number of rotatable bonds is 23. The second kappa shape index (κ2) is 24.3. The third-order valence-electron chi connectivity index (χ3n) is 15.5. The van der Waals surface area contributed by atoms with Crippen LogP contribution in [0.5, 0.6) is 5.75 Å². The van der Waals surface area contributed by atoms with Crippen molar-refractivity contribution in [2.45, 2.75) is 108 Å². The van der Waals surface area contributed by atoms with Crippen LogP contribution in [0.25, 0.3) is 31.9 Å². The van der Waals surface area contributed by atoms with E-state index < -0.39 is 86.3 Å². The van der Waals surface area contributed by atoms with Crippen LogP contribution in [0.1, 0.15) is 74.9 Å². The standard InChI is InChI=1S/C56H58FN7O19Se/c1-3-56(75)35-19-39-45-33(23-64(39)51(70)34(35)26-80-54(56)73)44-37(6-5-31-27(2)36(57)20-38(58-45)43(31)44)59-55(74)81-24-28-4-7-40(82-53-48(69)46(67)47(68)49(83-53)52(71)72)32-18-30(84-50(28)32)22-62-21-29(60-61-62)25-79-17-16-78-15-14-77-13-12-76-11-10-63-41(65)8-9-42(63)66/h4,7-9,18-21,37,46-49,53,67-69,75H,3,5-6,10-17,22-26H2,1-2H3,(H,59,74)(H,71,72)/t37?,46-,47-,48+,49-,53+,56+/m0/s1. The third kappa shape index (κ3) is 11.3. The van der Waals surface area contributed by atoms with Crippen molar-refractivity contribution < 1.29 is 91.8 Å². The zero-order valence-electron chi connectivity index (χ0n) is 45.3. The van der Waals surface area contributed by atoms with E-state index in [1.807, 2.05) is 6.07 Å². The first-order valence-corrected chi connectivity index (χ1v) is 28.8. The molecule has 1 aliphatic carbocycles. The van der Waals surface area contributed by atoms with E-state index in [-0.39, 0.29) is 101 Å². The summed E-state index contributed by atoms with van der Waals surface area (Å²) in [5, 5.41) is 65.6. The molecule has 444 valence electrons. The number of nitrogens with zero attached hydrogens (tertiary/aromatic N) is 6. The molecule has 2 aromatic carbocycles. The van der Waals surface area contributed by atoms with Gasteiger partial charge in [-0.05, 0) is 6.42 Å². The molecule has 0 radical (unpaired) electrons. The van der Waals surface area contributed by atoms with Gasteiger partial charge in [-0.2, -0.15) is 0 Å². The number of carboxylic acids is 1. The number of aromatic nitrogens is 5. The van der Waals surface area contributed by atoms with Crippen molar-refractivity contribution in [3.8, 4) is 17.1 Å². The molecule has 3 amide bonds. The fourth-order valence-electron chi connectivity index (χ4n) is 11.1. The molecule has 8 heterocycles. The summed E-state index contributed by atoms with van der Waals surface area (Å²) in [6.07, 6.45) is -5.35. The van der Waals surface area contributed by atoms with Crippen LogP contribution in [0, 0.1) is 12.7 Å². The summed E-state index contributed by atoms with van der Waals surface area (Å²) >= 11 is -0.484. The predicted octanol–water partition coefficient (Wildman–Crippen LogP) is 1.05. The number of carboxylic acid groups (broad SMARTS) is 1. The molecule has 84 heavy (non-hydrogen) atoms. The van der Waals surface area contributed by atoms with Gasteiger partial charge in [0, 0.05) is 17.7 Å². The number of fused-ring (bicyclic) bond motifs is 6. The number of aliphatic hydroxyl groups is 4. The van der Waals surface area contributed by atoms with Crippen LogP contribution in [-0.2, 0) is 97.3 Å². The number of alkyl carbamates (subject to hydrolysis) is 1. The van der Waals surface area contributed by atoms with Crippen LogP contribution in [0.4, 0.5) is 9.18 Å². The fraction of sp³-hybridized carbons (Fsp3) is 0.446. The molecule has 1 saturated heterocycles. The molecule has 11 rings (SSSR count). The number of aliphatic hydroxyl groups excluding tert-OH is 3. The fourth-order valence-corrected chi connectivity index (χ4v) is 13.5. The number of hydrogen-bond donors (Lipinski definition) is 6. The number of halogens is 1. The number of imide groups is 1. The Hall–Kier alpha value is -7.34. The molecule has 28 heteroatoms. The van der Waals surface area contributed by atoms with Gasteiger partial charge in [-0.1, -0.05) is 6.92 Å². The Morgan fingerprint density at radius 3 is 2.36 bits per heavy atom. The average Bonchev–Trinajstić information content (AvgIpc) is 1.63. The van der Waals surface area contributed by atoms with Crippen molar-refractivity contribution in [2.75, 3.05) is 52.8 Å². The maximum absolute atomic E-state index is 15.6. The molecular weight excluding hydrogens is 1170 g/mol. The number of amides is 3. The van der Waals surface area contributed by atoms with Gasteiger partial charge in [-0.3, -0.25) is 19.3 Å². The number of benzene rings is 2. The second-order valence-corrected chi connectivity index (χ2v) is 23.0. The first kappa shape index (κ1) is 58.4. The van der Waals surface area contributed by atoms with E-state index in [0.717, 1.165) is 9.34 Å². The Labute approximate surface area is 481 Å². The Morgan fingerprint density at radius 1 is 0.905 bits per heavy atom.